The number of methoxy groups -OCH3 is 1. The van der Waals surface area contributed by atoms with Crippen molar-refractivity contribution in [2.24, 2.45) is 0 Å². The molecule has 0 aliphatic carbocycles. The number of nitrogens with zero attached hydrogens (tertiary/aromatic N) is 2. The van der Waals surface area contributed by atoms with Crippen molar-refractivity contribution in [1.82, 2.24) is 19.6 Å². The minimum Gasteiger partial charge on any atom is -0.383 e. The van der Waals surface area contributed by atoms with Crippen LogP contribution in [0, 0.1) is 0 Å². The molecule has 0 aromatic carbocycles. The summed E-state index contributed by atoms with van der Waals surface area (Å²) in [4.78, 5) is 8.76. The average Bonchev–Trinajstić information content (AvgIpc) is 2.85. The molecule has 0 unspecified atom stereocenters. The van der Waals surface area contributed by atoms with Gasteiger partial charge in [-0.3, -0.25) is 0 Å². The van der Waals surface area contributed by atoms with Crippen molar-refractivity contribution >= 4 is 10.0 Å². The molecule has 0 fully saturated rings. The van der Waals surface area contributed by atoms with Crippen LogP contribution in [0.2, 0.25) is 0 Å². The molecule has 7 nitrogen and oxygen atoms in total. The first-order chi connectivity index (χ1) is 8.99. The van der Waals surface area contributed by atoms with E-state index in [9.17, 15) is 8.42 Å². The molecule has 0 aliphatic heterocycles. The van der Waals surface area contributed by atoms with Gasteiger partial charge in [0.2, 0.25) is 0 Å². The number of hydrogen-bond acceptors (Lipinski definition) is 5. The first kappa shape index (κ1) is 16.1. The third kappa shape index (κ3) is 5.27. The van der Waals surface area contributed by atoms with E-state index in [0.29, 0.717) is 31.9 Å². The van der Waals surface area contributed by atoms with Gasteiger partial charge in [-0.05, 0) is 7.05 Å². The summed E-state index contributed by atoms with van der Waals surface area (Å²) in [7, 11) is 0.0627. The van der Waals surface area contributed by atoms with E-state index in [0.717, 1.165) is 6.54 Å². The van der Waals surface area contributed by atoms with Gasteiger partial charge in [0.25, 0.3) is 10.0 Å². The zero-order valence-corrected chi connectivity index (χ0v) is 12.5. The Morgan fingerprint density at radius 3 is 2.79 bits per heavy atom. The molecule has 1 aromatic rings. The fourth-order valence-corrected chi connectivity index (χ4v) is 2.43. The molecular weight excluding hydrogens is 268 g/mol. The maximum Gasteiger partial charge on any atom is 0.257 e. The lowest BCUT2D eigenvalue weighted by molar-refractivity contribution is 0.162. The van der Waals surface area contributed by atoms with Crippen molar-refractivity contribution in [3.05, 3.63) is 12.0 Å². The molecule has 2 N–H and O–H groups in total. The molecule has 1 heterocycles. The van der Waals surface area contributed by atoms with E-state index < -0.39 is 10.0 Å². The smallest absolute Gasteiger partial charge is 0.257 e. The third-order valence-corrected chi connectivity index (χ3v) is 4.06. The summed E-state index contributed by atoms with van der Waals surface area (Å²) >= 11 is 0. The van der Waals surface area contributed by atoms with Gasteiger partial charge in [-0.1, -0.05) is 6.92 Å². The SMILES string of the molecule is CCc1ncc(S(=O)(=O)NCCN(C)CCOC)[nH]1. The van der Waals surface area contributed by atoms with Crippen LogP contribution in [0.4, 0.5) is 0 Å². The number of nitrogens with one attached hydrogen (secondary N) is 2. The van der Waals surface area contributed by atoms with E-state index in [-0.39, 0.29) is 5.03 Å². The summed E-state index contributed by atoms with van der Waals surface area (Å²) in [6.45, 7) is 4.28. The second-order valence-electron chi connectivity index (χ2n) is 4.24. The second-order valence-corrected chi connectivity index (χ2v) is 5.98. The van der Waals surface area contributed by atoms with Gasteiger partial charge in [0, 0.05) is 33.2 Å². The van der Waals surface area contributed by atoms with Gasteiger partial charge in [0.1, 0.15) is 5.82 Å². The number of sulfonamides is 1. The lowest BCUT2D eigenvalue weighted by Gasteiger charge is -2.15. The minimum atomic E-state index is -3.49. The Bertz CT molecular complexity index is 472. The van der Waals surface area contributed by atoms with E-state index in [1.54, 1.807) is 7.11 Å². The Kier molecular flexibility index (Phi) is 6.43. The summed E-state index contributed by atoms with van der Waals surface area (Å²) in [5.41, 5.74) is 0. The minimum absolute atomic E-state index is 0.115. The lowest BCUT2D eigenvalue weighted by Crippen LogP contribution is -2.34. The topological polar surface area (TPSA) is 87.3 Å². The van der Waals surface area contributed by atoms with Crippen molar-refractivity contribution in [3.8, 4) is 0 Å². The lowest BCUT2D eigenvalue weighted by atomic mass is 10.5. The summed E-state index contributed by atoms with van der Waals surface area (Å²) in [6.07, 6.45) is 2.02. The molecule has 0 saturated heterocycles. The van der Waals surface area contributed by atoms with Gasteiger partial charge in [-0.2, -0.15) is 0 Å². The van der Waals surface area contributed by atoms with Gasteiger partial charge in [-0.25, -0.2) is 18.1 Å². The number of ether oxygens (including phenoxy) is 1. The summed E-state index contributed by atoms with van der Waals surface area (Å²) in [6, 6.07) is 0. The summed E-state index contributed by atoms with van der Waals surface area (Å²) < 4.78 is 31.4. The number of aromatic nitrogens is 2. The van der Waals surface area contributed by atoms with E-state index in [2.05, 4.69) is 14.7 Å². The summed E-state index contributed by atoms with van der Waals surface area (Å²) in [5.74, 6) is 0.664. The monoisotopic (exact) mass is 290 g/mol. The number of imidazole rings is 1. The Hall–Kier alpha value is -0.960. The van der Waals surface area contributed by atoms with E-state index in [1.165, 1.54) is 6.20 Å². The number of aromatic amines is 1. The molecule has 0 spiro atoms. The van der Waals surface area contributed by atoms with Crippen molar-refractivity contribution < 1.29 is 13.2 Å². The van der Waals surface area contributed by atoms with Crippen LogP contribution >= 0.6 is 0 Å². The molecule has 19 heavy (non-hydrogen) atoms. The molecule has 0 radical (unpaired) electrons. The molecule has 0 atom stereocenters. The Morgan fingerprint density at radius 2 is 2.21 bits per heavy atom. The maximum atomic E-state index is 11.9. The Balaban J connectivity index is 2.43. The van der Waals surface area contributed by atoms with Gasteiger partial charge in [0.05, 0.1) is 12.8 Å². The van der Waals surface area contributed by atoms with Crippen LogP contribution in [0.1, 0.15) is 12.7 Å². The average molecular weight is 290 g/mol. The molecular formula is C11H22N4O3S. The number of H-pyrrole nitrogens is 1. The summed E-state index contributed by atoms with van der Waals surface area (Å²) in [5, 5.41) is 0.115. The molecule has 0 bridgehead atoms. The quantitative estimate of drug-likeness (QED) is 0.659. The second kappa shape index (κ2) is 7.59. The van der Waals surface area contributed by atoms with E-state index in [4.69, 9.17) is 4.74 Å². The van der Waals surface area contributed by atoms with Crippen LogP contribution < -0.4 is 4.72 Å². The number of hydrogen-bond donors (Lipinski definition) is 2. The van der Waals surface area contributed by atoms with Gasteiger partial charge < -0.3 is 14.6 Å². The fourth-order valence-electron chi connectivity index (χ4n) is 1.47. The highest BCUT2D eigenvalue weighted by molar-refractivity contribution is 7.89. The predicted octanol–water partition coefficient (Wildman–Crippen LogP) is -0.171. The van der Waals surface area contributed by atoms with Crippen LogP contribution in [-0.2, 0) is 21.2 Å². The molecule has 0 saturated carbocycles. The molecule has 8 heteroatoms. The maximum absolute atomic E-state index is 11.9. The van der Waals surface area contributed by atoms with Crippen LogP contribution in [0.25, 0.3) is 0 Å². The van der Waals surface area contributed by atoms with Crippen molar-refractivity contribution in [2.45, 2.75) is 18.4 Å². The van der Waals surface area contributed by atoms with Crippen LogP contribution in [-0.4, -0.2) is 63.7 Å². The van der Waals surface area contributed by atoms with Gasteiger partial charge in [-0.15, -0.1) is 0 Å². The highest BCUT2D eigenvalue weighted by Gasteiger charge is 2.16. The first-order valence-corrected chi connectivity index (χ1v) is 7.69. The van der Waals surface area contributed by atoms with E-state index >= 15 is 0 Å². The van der Waals surface area contributed by atoms with Crippen LogP contribution in [0.3, 0.4) is 0 Å². The van der Waals surface area contributed by atoms with Crippen LogP contribution in [0.5, 0.6) is 0 Å². The van der Waals surface area contributed by atoms with Gasteiger partial charge in [0.15, 0.2) is 5.03 Å². The van der Waals surface area contributed by atoms with E-state index in [1.807, 2.05) is 18.9 Å². The molecule has 1 rings (SSSR count). The number of aryl methyl sites for hydroxylation is 1. The fraction of sp³-hybridized carbons (Fsp3) is 0.727. The van der Waals surface area contributed by atoms with Crippen molar-refractivity contribution in [1.29, 1.82) is 0 Å². The number of likely N-dealkylation sites (N-methyl/N-ethyl adjacent to an activating group) is 1. The zero-order chi connectivity index (χ0) is 14.3. The predicted molar refractivity (Wildman–Crippen MR) is 72.5 cm³/mol. The molecule has 0 aliphatic rings. The first-order valence-electron chi connectivity index (χ1n) is 6.20. The standard InChI is InChI=1S/C11H22N4O3S/c1-4-10-12-9-11(14-10)19(16,17)13-5-6-15(2)7-8-18-3/h9,13H,4-8H2,1-3H3,(H,12,14). The largest absolute Gasteiger partial charge is 0.383 e. The molecule has 0 amide bonds. The van der Waals surface area contributed by atoms with Gasteiger partial charge >= 0.3 is 0 Å². The van der Waals surface area contributed by atoms with Crippen molar-refractivity contribution in [3.63, 3.8) is 0 Å². The number of rotatable bonds is 9. The van der Waals surface area contributed by atoms with Crippen molar-refractivity contribution in [2.75, 3.05) is 40.4 Å². The third-order valence-electron chi connectivity index (χ3n) is 2.69. The highest BCUT2D eigenvalue weighted by Crippen LogP contribution is 2.05. The highest BCUT2D eigenvalue weighted by atomic mass is 32.2. The Morgan fingerprint density at radius 1 is 1.47 bits per heavy atom. The normalized spacial score (nSPS) is 12.2. The molecule has 110 valence electrons. The Labute approximate surface area is 114 Å². The van der Waals surface area contributed by atoms with Crippen LogP contribution in [0.15, 0.2) is 11.2 Å². The molecule has 1 aromatic heterocycles. The zero-order valence-electron chi connectivity index (χ0n) is 11.6.